The third kappa shape index (κ3) is 2.92. The maximum atomic E-state index is 12.5. The van der Waals surface area contributed by atoms with Crippen molar-refractivity contribution in [3.05, 3.63) is 42.1 Å². The van der Waals surface area contributed by atoms with Gasteiger partial charge < -0.3 is 4.90 Å². The van der Waals surface area contributed by atoms with Crippen LogP contribution in [0.15, 0.2) is 36.5 Å². The molecule has 0 spiro atoms. The number of hydrogen-bond acceptors (Lipinski definition) is 4. The molecule has 2 heterocycles. The first-order chi connectivity index (χ1) is 10.6. The van der Waals surface area contributed by atoms with Gasteiger partial charge in [-0.3, -0.25) is 20.0 Å². The molecule has 0 atom stereocenters. The molecular formula is C16H18N4O2. The highest BCUT2D eigenvalue weighted by Gasteiger charge is 2.21. The average Bonchev–Trinajstić information content (AvgIpc) is 2.54. The molecule has 1 aliphatic heterocycles. The number of nitrogens with zero attached hydrogens (tertiary/aromatic N) is 3. The van der Waals surface area contributed by atoms with Gasteiger partial charge in [0.2, 0.25) is 5.91 Å². The van der Waals surface area contributed by atoms with Crippen molar-refractivity contribution in [3.63, 3.8) is 0 Å². The summed E-state index contributed by atoms with van der Waals surface area (Å²) >= 11 is 0. The Morgan fingerprint density at radius 2 is 1.82 bits per heavy atom. The van der Waals surface area contributed by atoms with Crippen molar-refractivity contribution in [3.8, 4) is 0 Å². The van der Waals surface area contributed by atoms with Gasteiger partial charge in [-0.25, -0.2) is 5.01 Å². The maximum Gasteiger partial charge on any atom is 0.267 e. The number of rotatable bonds is 2. The topological polar surface area (TPSA) is 65.5 Å². The zero-order valence-corrected chi connectivity index (χ0v) is 12.5. The number of pyridine rings is 1. The minimum Gasteiger partial charge on any atom is -0.340 e. The number of hydrazine groups is 1. The zero-order valence-electron chi connectivity index (χ0n) is 12.5. The predicted octanol–water partition coefficient (Wildman–Crippen LogP) is 1.04. The number of amides is 2. The quantitative estimate of drug-likeness (QED) is 0.900. The van der Waals surface area contributed by atoms with Crippen LogP contribution in [-0.2, 0) is 4.79 Å². The molecule has 1 aromatic heterocycles. The summed E-state index contributed by atoms with van der Waals surface area (Å²) in [6.07, 6.45) is 1.69. The number of aromatic nitrogens is 1. The first kappa shape index (κ1) is 14.5. The van der Waals surface area contributed by atoms with Crippen LogP contribution < -0.4 is 5.43 Å². The monoisotopic (exact) mass is 298 g/mol. The fourth-order valence-electron chi connectivity index (χ4n) is 2.62. The van der Waals surface area contributed by atoms with Gasteiger partial charge in [-0.1, -0.05) is 18.2 Å². The van der Waals surface area contributed by atoms with Crippen LogP contribution in [0.2, 0.25) is 0 Å². The standard InChI is InChI=1S/C16H18N4O2/c1-12(21)19-8-10-20(11-9-19)18-16(22)14-6-2-4-13-5-3-7-17-15(13)14/h2-7H,8-11H2,1H3,(H,18,22). The lowest BCUT2D eigenvalue weighted by Gasteiger charge is -2.34. The highest BCUT2D eigenvalue weighted by Crippen LogP contribution is 2.16. The van der Waals surface area contributed by atoms with Crippen LogP contribution in [0.1, 0.15) is 17.3 Å². The summed E-state index contributed by atoms with van der Waals surface area (Å²) in [4.78, 5) is 29.9. The van der Waals surface area contributed by atoms with E-state index < -0.39 is 0 Å². The van der Waals surface area contributed by atoms with Gasteiger partial charge in [0.05, 0.1) is 11.1 Å². The Kier molecular flexibility index (Phi) is 4.02. The highest BCUT2D eigenvalue weighted by atomic mass is 16.2. The van der Waals surface area contributed by atoms with Crippen molar-refractivity contribution < 1.29 is 9.59 Å². The number of para-hydroxylation sites is 1. The van der Waals surface area contributed by atoms with Crippen molar-refractivity contribution in [2.45, 2.75) is 6.92 Å². The third-order valence-electron chi connectivity index (χ3n) is 3.86. The first-order valence-electron chi connectivity index (χ1n) is 7.30. The minimum absolute atomic E-state index is 0.0734. The molecule has 1 saturated heterocycles. The van der Waals surface area contributed by atoms with E-state index in [1.807, 2.05) is 29.3 Å². The summed E-state index contributed by atoms with van der Waals surface area (Å²) in [7, 11) is 0. The van der Waals surface area contributed by atoms with Crippen LogP contribution in [0.3, 0.4) is 0 Å². The van der Waals surface area contributed by atoms with Gasteiger partial charge in [-0.2, -0.15) is 0 Å². The molecule has 1 fully saturated rings. The molecule has 22 heavy (non-hydrogen) atoms. The summed E-state index contributed by atoms with van der Waals surface area (Å²) in [5.74, 6) is -0.0928. The molecule has 2 aromatic rings. The summed E-state index contributed by atoms with van der Waals surface area (Å²) in [6.45, 7) is 4.08. The van der Waals surface area contributed by atoms with E-state index in [-0.39, 0.29) is 11.8 Å². The highest BCUT2D eigenvalue weighted by molar-refractivity contribution is 6.05. The largest absolute Gasteiger partial charge is 0.340 e. The summed E-state index contributed by atoms with van der Waals surface area (Å²) in [5.41, 5.74) is 4.16. The number of piperazine rings is 1. The molecule has 6 heteroatoms. The van der Waals surface area contributed by atoms with E-state index in [1.54, 1.807) is 24.1 Å². The van der Waals surface area contributed by atoms with Crippen LogP contribution in [0.5, 0.6) is 0 Å². The van der Waals surface area contributed by atoms with Gasteiger partial charge in [0.25, 0.3) is 5.91 Å². The lowest BCUT2D eigenvalue weighted by molar-refractivity contribution is -0.130. The smallest absolute Gasteiger partial charge is 0.267 e. The van der Waals surface area contributed by atoms with E-state index in [9.17, 15) is 9.59 Å². The molecule has 0 bridgehead atoms. The molecule has 1 aliphatic rings. The molecule has 1 aromatic carbocycles. The van der Waals surface area contributed by atoms with Gasteiger partial charge in [-0.15, -0.1) is 0 Å². The predicted molar refractivity (Wildman–Crippen MR) is 83.0 cm³/mol. The van der Waals surface area contributed by atoms with Crippen molar-refractivity contribution in [1.29, 1.82) is 0 Å². The molecular weight excluding hydrogens is 280 g/mol. The second-order valence-electron chi connectivity index (χ2n) is 5.31. The zero-order chi connectivity index (χ0) is 15.5. The van der Waals surface area contributed by atoms with Crippen LogP contribution in [-0.4, -0.2) is 52.9 Å². The van der Waals surface area contributed by atoms with Crippen LogP contribution in [0.25, 0.3) is 10.9 Å². The fraction of sp³-hybridized carbons (Fsp3) is 0.312. The summed E-state index contributed by atoms with van der Waals surface area (Å²) in [6, 6.07) is 9.35. The van der Waals surface area contributed by atoms with Crippen molar-refractivity contribution in [2.24, 2.45) is 0 Å². The lowest BCUT2D eigenvalue weighted by Crippen LogP contribution is -2.54. The molecule has 0 saturated carbocycles. The molecule has 0 aliphatic carbocycles. The van der Waals surface area contributed by atoms with E-state index in [2.05, 4.69) is 10.4 Å². The van der Waals surface area contributed by atoms with E-state index in [0.29, 0.717) is 37.3 Å². The molecule has 2 amide bonds. The molecule has 3 rings (SSSR count). The third-order valence-corrected chi connectivity index (χ3v) is 3.86. The van der Waals surface area contributed by atoms with E-state index >= 15 is 0 Å². The summed E-state index contributed by atoms with van der Waals surface area (Å²) in [5, 5.41) is 2.79. The maximum absolute atomic E-state index is 12.5. The number of carbonyl (C=O) groups is 2. The van der Waals surface area contributed by atoms with Gasteiger partial charge in [0.1, 0.15) is 0 Å². The molecule has 114 valence electrons. The van der Waals surface area contributed by atoms with E-state index in [1.165, 1.54) is 0 Å². The lowest BCUT2D eigenvalue weighted by atomic mass is 10.1. The van der Waals surface area contributed by atoms with Crippen LogP contribution >= 0.6 is 0 Å². The Morgan fingerprint density at radius 3 is 2.55 bits per heavy atom. The van der Waals surface area contributed by atoms with Crippen LogP contribution in [0.4, 0.5) is 0 Å². The minimum atomic E-state index is -0.166. The second kappa shape index (κ2) is 6.11. The normalized spacial score (nSPS) is 15.8. The van der Waals surface area contributed by atoms with Gasteiger partial charge in [0, 0.05) is 44.7 Å². The molecule has 0 radical (unpaired) electrons. The Bertz CT molecular complexity index is 703. The van der Waals surface area contributed by atoms with Crippen molar-refractivity contribution in [2.75, 3.05) is 26.2 Å². The molecule has 6 nitrogen and oxygen atoms in total. The molecule has 1 N–H and O–H groups in total. The Morgan fingerprint density at radius 1 is 1.09 bits per heavy atom. The Labute approximate surface area is 128 Å². The second-order valence-corrected chi connectivity index (χ2v) is 5.31. The number of hydrogen-bond donors (Lipinski definition) is 1. The summed E-state index contributed by atoms with van der Waals surface area (Å²) < 4.78 is 0. The van der Waals surface area contributed by atoms with Gasteiger partial charge in [0.15, 0.2) is 0 Å². The fourth-order valence-corrected chi connectivity index (χ4v) is 2.62. The Hall–Kier alpha value is -2.47. The number of fused-ring (bicyclic) bond motifs is 1. The van der Waals surface area contributed by atoms with Gasteiger partial charge >= 0.3 is 0 Å². The average molecular weight is 298 g/mol. The van der Waals surface area contributed by atoms with Crippen LogP contribution in [0, 0.1) is 0 Å². The number of carbonyl (C=O) groups excluding carboxylic acids is 2. The van der Waals surface area contributed by atoms with Crippen molar-refractivity contribution in [1.82, 2.24) is 20.3 Å². The molecule has 0 unspecified atom stereocenters. The van der Waals surface area contributed by atoms with E-state index in [0.717, 1.165) is 5.39 Å². The first-order valence-corrected chi connectivity index (χ1v) is 7.30. The number of benzene rings is 1. The van der Waals surface area contributed by atoms with Crippen molar-refractivity contribution >= 4 is 22.7 Å². The van der Waals surface area contributed by atoms with E-state index in [4.69, 9.17) is 0 Å². The SMILES string of the molecule is CC(=O)N1CCN(NC(=O)c2cccc3cccnc23)CC1. The number of nitrogens with one attached hydrogen (secondary N) is 1. The van der Waals surface area contributed by atoms with Gasteiger partial charge in [-0.05, 0) is 12.1 Å². The Balaban J connectivity index is 1.71.